The number of hydrogen-bond acceptors (Lipinski definition) is 2. The Hall–Kier alpha value is -1.51. The summed E-state index contributed by atoms with van der Waals surface area (Å²) in [6, 6.07) is 6.63. The molecule has 0 aromatic heterocycles. The molecule has 0 atom stereocenters. The van der Waals surface area contributed by atoms with Crippen LogP contribution in [-0.2, 0) is 6.42 Å². The number of rotatable bonds is 5. The zero-order valence-electron chi connectivity index (χ0n) is 12.5. The van der Waals surface area contributed by atoms with Gasteiger partial charge in [0, 0.05) is 30.4 Å². The van der Waals surface area contributed by atoms with Crippen LogP contribution in [0.15, 0.2) is 18.2 Å². The van der Waals surface area contributed by atoms with Gasteiger partial charge in [0.1, 0.15) is 0 Å². The molecule has 1 heterocycles. The minimum absolute atomic E-state index is 0.213. The summed E-state index contributed by atoms with van der Waals surface area (Å²) in [5, 5.41) is 3.36. The van der Waals surface area contributed by atoms with Crippen molar-refractivity contribution in [3.8, 4) is 0 Å². The summed E-state index contributed by atoms with van der Waals surface area (Å²) in [4.78, 5) is 14.8. The number of fused-ring (bicyclic) bond motifs is 1. The van der Waals surface area contributed by atoms with Crippen LogP contribution in [0.1, 0.15) is 49.0 Å². The standard InChI is InChI=1S/C17H24N2O/c1-12(2)8-10-19(15-5-6-15)17(20)14-4-3-13-7-9-18-16(13)11-14/h3-4,11-12,15,18H,5-10H2,1-2H3. The van der Waals surface area contributed by atoms with Crippen LogP contribution in [0, 0.1) is 5.92 Å². The number of anilines is 1. The molecule has 0 spiro atoms. The van der Waals surface area contributed by atoms with E-state index in [2.05, 4.69) is 30.1 Å². The molecule has 1 aromatic rings. The van der Waals surface area contributed by atoms with Gasteiger partial charge in [-0.15, -0.1) is 0 Å². The van der Waals surface area contributed by atoms with Gasteiger partial charge in [0.05, 0.1) is 0 Å². The Bertz CT molecular complexity index is 506. The normalized spacial score (nSPS) is 16.9. The van der Waals surface area contributed by atoms with Crippen LogP contribution in [0.4, 0.5) is 5.69 Å². The lowest BCUT2D eigenvalue weighted by Gasteiger charge is -2.23. The van der Waals surface area contributed by atoms with E-state index in [4.69, 9.17) is 0 Å². The number of carbonyl (C=O) groups excluding carboxylic acids is 1. The second-order valence-electron chi connectivity index (χ2n) is 6.46. The molecule has 1 N–H and O–H groups in total. The molecule has 3 heteroatoms. The van der Waals surface area contributed by atoms with Crippen LogP contribution in [-0.4, -0.2) is 29.9 Å². The summed E-state index contributed by atoms with van der Waals surface area (Å²) < 4.78 is 0. The third kappa shape index (κ3) is 2.82. The van der Waals surface area contributed by atoms with Crippen molar-refractivity contribution in [1.29, 1.82) is 0 Å². The van der Waals surface area contributed by atoms with E-state index in [-0.39, 0.29) is 5.91 Å². The molecule has 0 unspecified atom stereocenters. The third-order valence-electron chi connectivity index (χ3n) is 4.26. The first-order valence-corrected chi connectivity index (χ1v) is 7.83. The Morgan fingerprint density at radius 2 is 2.20 bits per heavy atom. The molecular weight excluding hydrogens is 248 g/mol. The van der Waals surface area contributed by atoms with Gasteiger partial charge in [0.2, 0.25) is 0 Å². The number of amides is 1. The van der Waals surface area contributed by atoms with Crippen LogP contribution in [0.25, 0.3) is 0 Å². The van der Waals surface area contributed by atoms with Gasteiger partial charge in [0.25, 0.3) is 5.91 Å². The minimum Gasteiger partial charge on any atom is -0.384 e. The van der Waals surface area contributed by atoms with Crippen LogP contribution >= 0.6 is 0 Å². The molecule has 1 aliphatic carbocycles. The minimum atomic E-state index is 0.213. The maximum absolute atomic E-state index is 12.7. The van der Waals surface area contributed by atoms with Gasteiger partial charge in [-0.2, -0.15) is 0 Å². The fourth-order valence-electron chi connectivity index (χ4n) is 2.82. The first-order chi connectivity index (χ1) is 9.65. The van der Waals surface area contributed by atoms with Gasteiger partial charge in [-0.3, -0.25) is 4.79 Å². The Morgan fingerprint density at radius 3 is 2.90 bits per heavy atom. The number of carbonyl (C=O) groups is 1. The fraction of sp³-hybridized carbons (Fsp3) is 0.588. The Kier molecular flexibility index (Phi) is 3.68. The van der Waals surface area contributed by atoms with Crippen LogP contribution in [0.5, 0.6) is 0 Å². The molecule has 3 nitrogen and oxygen atoms in total. The third-order valence-corrected chi connectivity index (χ3v) is 4.26. The van der Waals surface area contributed by atoms with E-state index in [9.17, 15) is 4.79 Å². The average Bonchev–Trinajstić information content (AvgIpc) is 3.15. The predicted octanol–water partition coefficient (Wildman–Crippen LogP) is 3.31. The summed E-state index contributed by atoms with van der Waals surface area (Å²) in [6.45, 7) is 6.32. The maximum Gasteiger partial charge on any atom is 0.254 e. The highest BCUT2D eigenvalue weighted by Crippen LogP contribution is 2.30. The molecule has 0 bridgehead atoms. The highest BCUT2D eigenvalue weighted by Gasteiger charge is 2.33. The van der Waals surface area contributed by atoms with Crippen LogP contribution in [0.3, 0.4) is 0 Å². The first-order valence-electron chi connectivity index (χ1n) is 7.83. The monoisotopic (exact) mass is 272 g/mol. The molecule has 20 heavy (non-hydrogen) atoms. The number of nitrogens with one attached hydrogen (secondary N) is 1. The SMILES string of the molecule is CC(C)CCN(C(=O)c1ccc2c(c1)NCC2)C1CC1. The van der Waals surface area contributed by atoms with E-state index in [1.807, 2.05) is 12.1 Å². The Morgan fingerprint density at radius 1 is 1.40 bits per heavy atom. The zero-order valence-corrected chi connectivity index (χ0v) is 12.5. The van der Waals surface area contributed by atoms with Crippen molar-refractivity contribution in [3.63, 3.8) is 0 Å². The van der Waals surface area contributed by atoms with Crippen molar-refractivity contribution in [2.24, 2.45) is 5.92 Å². The van der Waals surface area contributed by atoms with Gasteiger partial charge < -0.3 is 10.2 Å². The van der Waals surface area contributed by atoms with Gasteiger partial charge in [-0.1, -0.05) is 19.9 Å². The topological polar surface area (TPSA) is 32.3 Å². The molecular formula is C17H24N2O. The number of benzene rings is 1. The summed E-state index contributed by atoms with van der Waals surface area (Å²) in [7, 11) is 0. The molecule has 0 saturated heterocycles. The van der Waals surface area contributed by atoms with E-state index in [0.717, 1.165) is 37.2 Å². The van der Waals surface area contributed by atoms with E-state index in [0.29, 0.717) is 12.0 Å². The smallest absolute Gasteiger partial charge is 0.254 e. The summed E-state index contributed by atoms with van der Waals surface area (Å²) >= 11 is 0. The lowest BCUT2D eigenvalue weighted by Crippen LogP contribution is -2.34. The summed E-state index contributed by atoms with van der Waals surface area (Å²) in [6.07, 6.45) is 4.51. The average molecular weight is 272 g/mol. The van der Waals surface area contributed by atoms with E-state index in [1.54, 1.807) is 0 Å². The van der Waals surface area contributed by atoms with Gasteiger partial charge >= 0.3 is 0 Å². The highest BCUT2D eigenvalue weighted by molar-refractivity contribution is 5.96. The van der Waals surface area contributed by atoms with Gasteiger partial charge in [0.15, 0.2) is 0 Å². The quantitative estimate of drug-likeness (QED) is 0.892. The van der Waals surface area contributed by atoms with E-state index >= 15 is 0 Å². The molecule has 1 fully saturated rings. The van der Waals surface area contributed by atoms with Crippen molar-refractivity contribution >= 4 is 11.6 Å². The second-order valence-corrected chi connectivity index (χ2v) is 6.46. The van der Waals surface area contributed by atoms with Crippen molar-refractivity contribution in [2.75, 3.05) is 18.4 Å². The van der Waals surface area contributed by atoms with Gasteiger partial charge in [-0.25, -0.2) is 0 Å². The lowest BCUT2D eigenvalue weighted by molar-refractivity contribution is 0.0735. The highest BCUT2D eigenvalue weighted by atomic mass is 16.2. The van der Waals surface area contributed by atoms with E-state index in [1.165, 1.54) is 18.4 Å². The molecule has 2 aliphatic rings. The summed E-state index contributed by atoms with van der Waals surface area (Å²) in [5.41, 5.74) is 3.32. The van der Waals surface area contributed by atoms with Gasteiger partial charge in [-0.05, 0) is 49.3 Å². The second kappa shape index (κ2) is 5.47. The number of nitrogens with zero attached hydrogens (tertiary/aromatic N) is 1. The Labute approximate surface area is 121 Å². The molecule has 1 saturated carbocycles. The summed E-state index contributed by atoms with van der Waals surface area (Å²) in [5.74, 6) is 0.857. The molecule has 108 valence electrons. The van der Waals surface area contributed by atoms with Crippen molar-refractivity contribution < 1.29 is 4.79 Å². The van der Waals surface area contributed by atoms with Crippen LogP contribution in [0.2, 0.25) is 0 Å². The van der Waals surface area contributed by atoms with Crippen LogP contribution < -0.4 is 5.32 Å². The zero-order chi connectivity index (χ0) is 14.1. The van der Waals surface area contributed by atoms with Crippen molar-refractivity contribution in [1.82, 2.24) is 4.90 Å². The first kappa shape index (κ1) is 13.5. The molecule has 1 aliphatic heterocycles. The largest absolute Gasteiger partial charge is 0.384 e. The van der Waals surface area contributed by atoms with Crippen molar-refractivity contribution in [2.45, 2.75) is 45.6 Å². The fourth-order valence-corrected chi connectivity index (χ4v) is 2.82. The maximum atomic E-state index is 12.7. The van der Waals surface area contributed by atoms with E-state index < -0.39 is 0 Å². The Balaban J connectivity index is 1.75. The molecule has 3 rings (SSSR count). The number of hydrogen-bond donors (Lipinski definition) is 1. The predicted molar refractivity (Wildman–Crippen MR) is 82.1 cm³/mol. The molecule has 1 aromatic carbocycles. The molecule has 0 radical (unpaired) electrons. The lowest BCUT2D eigenvalue weighted by atomic mass is 10.1. The molecule has 1 amide bonds. The van der Waals surface area contributed by atoms with Crippen molar-refractivity contribution in [3.05, 3.63) is 29.3 Å².